The lowest BCUT2D eigenvalue weighted by molar-refractivity contribution is -0.140. The summed E-state index contributed by atoms with van der Waals surface area (Å²) in [4.78, 5) is 24.4. The summed E-state index contributed by atoms with van der Waals surface area (Å²) in [5.41, 5.74) is 0.168. The molecule has 3 aromatic rings. The molecule has 0 aliphatic heterocycles. The van der Waals surface area contributed by atoms with E-state index in [0.717, 1.165) is 16.3 Å². The molecule has 1 unspecified atom stereocenters. The monoisotopic (exact) mass is 338 g/mol. The standard InChI is InChI=1S/C20H18O5/c1-12-10-17(21)19(20(23)25-12)16(11-18(22)24-2)15-9-5-7-13-6-3-4-8-14(13)15/h3-10,16,21H,11H2,1-2H3. The van der Waals surface area contributed by atoms with E-state index >= 15 is 0 Å². The Hall–Kier alpha value is -3.08. The van der Waals surface area contributed by atoms with Crippen molar-refractivity contribution in [2.45, 2.75) is 19.3 Å². The van der Waals surface area contributed by atoms with Crippen molar-refractivity contribution >= 4 is 16.7 Å². The lowest BCUT2D eigenvalue weighted by Crippen LogP contribution is -2.18. The van der Waals surface area contributed by atoms with Gasteiger partial charge in [0.1, 0.15) is 11.5 Å². The van der Waals surface area contributed by atoms with Crippen LogP contribution >= 0.6 is 0 Å². The molecule has 0 saturated carbocycles. The molecule has 128 valence electrons. The third-order valence-corrected chi connectivity index (χ3v) is 4.24. The minimum atomic E-state index is -0.671. The van der Waals surface area contributed by atoms with E-state index in [1.165, 1.54) is 13.2 Å². The average Bonchev–Trinajstić information content (AvgIpc) is 2.59. The van der Waals surface area contributed by atoms with Crippen LogP contribution < -0.4 is 5.63 Å². The SMILES string of the molecule is COC(=O)CC(c1c(O)cc(C)oc1=O)c1cccc2ccccc12. The number of hydrogen-bond acceptors (Lipinski definition) is 5. The molecule has 0 radical (unpaired) electrons. The minimum absolute atomic E-state index is 0.0624. The first kappa shape index (κ1) is 16.8. The number of aryl methyl sites for hydroxylation is 1. The minimum Gasteiger partial charge on any atom is -0.507 e. The zero-order chi connectivity index (χ0) is 18.0. The van der Waals surface area contributed by atoms with Gasteiger partial charge in [-0.1, -0.05) is 42.5 Å². The second kappa shape index (κ2) is 6.81. The van der Waals surface area contributed by atoms with Crippen LogP contribution in [0.25, 0.3) is 10.8 Å². The topological polar surface area (TPSA) is 76.7 Å². The van der Waals surface area contributed by atoms with Crippen LogP contribution in [0.4, 0.5) is 0 Å². The molecule has 0 fully saturated rings. The highest BCUT2D eigenvalue weighted by Gasteiger charge is 2.27. The highest BCUT2D eigenvalue weighted by Crippen LogP contribution is 2.36. The van der Waals surface area contributed by atoms with Gasteiger partial charge < -0.3 is 14.3 Å². The first-order chi connectivity index (χ1) is 12.0. The highest BCUT2D eigenvalue weighted by atomic mass is 16.5. The second-order valence-corrected chi connectivity index (χ2v) is 5.84. The molecule has 0 saturated heterocycles. The van der Waals surface area contributed by atoms with Gasteiger partial charge in [0.25, 0.3) is 0 Å². The maximum absolute atomic E-state index is 12.4. The van der Waals surface area contributed by atoms with Crippen molar-refractivity contribution in [2.24, 2.45) is 0 Å². The third-order valence-electron chi connectivity index (χ3n) is 4.24. The predicted molar refractivity (Wildman–Crippen MR) is 93.8 cm³/mol. The Labute approximate surface area is 144 Å². The number of esters is 1. The van der Waals surface area contributed by atoms with Gasteiger partial charge in [0.2, 0.25) is 0 Å². The molecule has 1 heterocycles. The van der Waals surface area contributed by atoms with Crippen LogP contribution in [0.5, 0.6) is 5.75 Å². The van der Waals surface area contributed by atoms with E-state index in [-0.39, 0.29) is 17.7 Å². The van der Waals surface area contributed by atoms with Crippen molar-refractivity contribution in [3.05, 3.63) is 75.8 Å². The molecule has 0 aliphatic rings. The van der Waals surface area contributed by atoms with E-state index in [1.54, 1.807) is 6.92 Å². The van der Waals surface area contributed by atoms with Gasteiger partial charge >= 0.3 is 11.6 Å². The van der Waals surface area contributed by atoms with E-state index in [4.69, 9.17) is 9.15 Å². The van der Waals surface area contributed by atoms with Gasteiger partial charge in [-0.25, -0.2) is 4.79 Å². The average molecular weight is 338 g/mol. The third kappa shape index (κ3) is 3.26. The Kier molecular flexibility index (Phi) is 4.57. The molecule has 1 N–H and O–H groups in total. The first-order valence-electron chi connectivity index (χ1n) is 7.89. The van der Waals surface area contributed by atoms with Crippen LogP contribution in [-0.4, -0.2) is 18.2 Å². The Morgan fingerprint density at radius 1 is 1.20 bits per heavy atom. The smallest absolute Gasteiger partial charge is 0.343 e. The molecule has 2 aromatic carbocycles. The lowest BCUT2D eigenvalue weighted by atomic mass is 9.86. The highest BCUT2D eigenvalue weighted by molar-refractivity contribution is 5.87. The molecule has 0 aliphatic carbocycles. The molecule has 25 heavy (non-hydrogen) atoms. The van der Waals surface area contributed by atoms with E-state index in [9.17, 15) is 14.7 Å². The number of rotatable bonds is 4. The number of hydrogen-bond donors (Lipinski definition) is 1. The maximum atomic E-state index is 12.4. The van der Waals surface area contributed by atoms with E-state index in [1.807, 2.05) is 42.5 Å². The molecule has 5 heteroatoms. The molecular weight excluding hydrogens is 320 g/mol. The zero-order valence-electron chi connectivity index (χ0n) is 14.0. The Balaban J connectivity index is 2.26. The van der Waals surface area contributed by atoms with Crippen LogP contribution in [-0.2, 0) is 9.53 Å². The number of aromatic hydroxyl groups is 1. The van der Waals surface area contributed by atoms with Crippen molar-refractivity contribution < 1.29 is 19.1 Å². The van der Waals surface area contributed by atoms with Gasteiger partial charge in [-0.2, -0.15) is 0 Å². The quantitative estimate of drug-likeness (QED) is 0.737. The van der Waals surface area contributed by atoms with Crippen LogP contribution in [0.1, 0.15) is 29.2 Å². The number of fused-ring (bicyclic) bond motifs is 1. The van der Waals surface area contributed by atoms with Crippen LogP contribution in [0, 0.1) is 6.92 Å². The lowest BCUT2D eigenvalue weighted by Gasteiger charge is -2.19. The fraction of sp³-hybridized carbons (Fsp3) is 0.200. The molecule has 1 aromatic heterocycles. The molecule has 1 atom stereocenters. The number of ether oxygens (including phenoxy) is 1. The summed E-state index contributed by atoms with van der Waals surface area (Å²) in [5, 5.41) is 12.2. The Bertz CT molecular complexity index is 982. The Morgan fingerprint density at radius 2 is 1.92 bits per heavy atom. The number of carbonyl (C=O) groups excluding carboxylic acids is 1. The summed E-state index contributed by atoms with van der Waals surface area (Å²) in [7, 11) is 1.29. The largest absolute Gasteiger partial charge is 0.507 e. The Morgan fingerprint density at radius 3 is 2.64 bits per heavy atom. The van der Waals surface area contributed by atoms with Crippen molar-refractivity contribution in [2.75, 3.05) is 7.11 Å². The molecule has 0 amide bonds. The summed E-state index contributed by atoms with van der Waals surface area (Å²) >= 11 is 0. The predicted octanol–water partition coefficient (Wildman–Crippen LogP) is 3.50. The summed E-state index contributed by atoms with van der Waals surface area (Å²) in [6.07, 6.45) is -0.0775. The van der Waals surface area contributed by atoms with Gasteiger partial charge in [0, 0.05) is 12.0 Å². The maximum Gasteiger partial charge on any atom is 0.343 e. The fourth-order valence-corrected chi connectivity index (χ4v) is 3.10. The summed E-state index contributed by atoms with van der Waals surface area (Å²) < 4.78 is 9.94. The van der Waals surface area contributed by atoms with Crippen molar-refractivity contribution in [1.29, 1.82) is 0 Å². The van der Waals surface area contributed by atoms with Gasteiger partial charge in [-0.3, -0.25) is 4.79 Å². The summed E-state index contributed by atoms with van der Waals surface area (Å²) in [6.45, 7) is 1.58. The van der Waals surface area contributed by atoms with Gasteiger partial charge in [0.05, 0.1) is 19.1 Å². The summed E-state index contributed by atoms with van der Waals surface area (Å²) in [5.74, 6) is -1.02. The molecule has 3 rings (SSSR count). The van der Waals surface area contributed by atoms with Gasteiger partial charge in [-0.05, 0) is 23.3 Å². The number of carbonyl (C=O) groups is 1. The van der Waals surface area contributed by atoms with Crippen molar-refractivity contribution in [1.82, 2.24) is 0 Å². The van der Waals surface area contributed by atoms with E-state index < -0.39 is 17.5 Å². The molecular formula is C20H18O5. The van der Waals surface area contributed by atoms with Crippen molar-refractivity contribution in [3.8, 4) is 5.75 Å². The molecule has 0 spiro atoms. The van der Waals surface area contributed by atoms with E-state index in [0.29, 0.717) is 5.76 Å². The number of benzene rings is 2. The van der Waals surface area contributed by atoms with Crippen LogP contribution in [0.15, 0.2) is 57.7 Å². The molecule has 5 nitrogen and oxygen atoms in total. The van der Waals surface area contributed by atoms with Gasteiger partial charge in [-0.15, -0.1) is 0 Å². The second-order valence-electron chi connectivity index (χ2n) is 5.84. The van der Waals surface area contributed by atoms with Gasteiger partial charge in [0.15, 0.2) is 0 Å². The van der Waals surface area contributed by atoms with Crippen molar-refractivity contribution in [3.63, 3.8) is 0 Å². The van der Waals surface area contributed by atoms with Crippen LogP contribution in [0.2, 0.25) is 0 Å². The molecule has 0 bridgehead atoms. The fourth-order valence-electron chi connectivity index (χ4n) is 3.10. The first-order valence-corrected chi connectivity index (χ1v) is 7.89. The van der Waals surface area contributed by atoms with E-state index in [2.05, 4.69) is 0 Å². The summed E-state index contributed by atoms with van der Waals surface area (Å²) in [6, 6.07) is 14.7. The number of methoxy groups -OCH3 is 1. The normalized spacial score (nSPS) is 12.1. The van der Waals surface area contributed by atoms with Crippen LogP contribution in [0.3, 0.4) is 0 Å². The zero-order valence-corrected chi connectivity index (χ0v) is 14.0.